The van der Waals surface area contributed by atoms with Crippen LogP contribution in [0.1, 0.15) is 11.1 Å². The summed E-state index contributed by atoms with van der Waals surface area (Å²) < 4.78 is 0.861. The van der Waals surface area contributed by atoms with Gasteiger partial charge >= 0.3 is 0 Å². The maximum Gasteiger partial charge on any atom is 0.150 e. The van der Waals surface area contributed by atoms with Crippen molar-refractivity contribution in [3.63, 3.8) is 0 Å². The van der Waals surface area contributed by atoms with Crippen LogP contribution in [0.4, 0.5) is 0 Å². The first-order valence-electron chi connectivity index (χ1n) is 5.01. The maximum absolute atomic E-state index is 11.4. The van der Waals surface area contributed by atoms with E-state index in [1.807, 2.05) is 44.3 Å². The highest BCUT2D eigenvalue weighted by molar-refractivity contribution is 9.11. The Morgan fingerprint density at radius 2 is 2.00 bits per heavy atom. The van der Waals surface area contributed by atoms with Crippen molar-refractivity contribution in [2.24, 2.45) is 0 Å². The predicted molar refractivity (Wildman–Crippen MR) is 66.8 cm³/mol. The number of nitrogens with zero attached hydrogens (tertiary/aromatic N) is 1. The van der Waals surface area contributed by atoms with Crippen LogP contribution in [0.25, 0.3) is 0 Å². The molecule has 1 atom stereocenters. The normalized spacial score (nSPS) is 24.4. The van der Waals surface area contributed by atoms with Crippen molar-refractivity contribution in [2.45, 2.75) is 12.5 Å². The molecule has 1 aromatic rings. The summed E-state index contributed by atoms with van der Waals surface area (Å²) >= 11 is 3.40. The van der Waals surface area contributed by atoms with E-state index >= 15 is 0 Å². The molecule has 1 N–H and O–H groups in total. The average Bonchev–Trinajstić information content (AvgIpc) is 2.57. The first kappa shape index (κ1) is 11.4. The van der Waals surface area contributed by atoms with Crippen molar-refractivity contribution < 1.29 is 4.79 Å². The highest BCUT2D eigenvalue weighted by atomic mass is 79.9. The molecule has 4 heteroatoms. The van der Waals surface area contributed by atoms with Gasteiger partial charge in [0.2, 0.25) is 0 Å². The number of aldehydes is 1. The molecule has 0 saturated carbocycles. The summed E-state index contributed by atoms with van der Waals surface area (Å²) in [7, 11) is 1.86. The number of aryl methyl sites for hydroxylation is 1. The van der Waals surface area contributed by atoms with Crippen molar-refractivity contribution in [3.05, 3.63) is 46.1 Å². The molecule has 0 spiro atoms. The third-order valence-corrected chi connectivity index (χ3v) is 3.50. The van der Waals surface area contributed by atoms with Crippen LogP contribution in [0.15, 0.2) is 34.9 Å². The van der Waals surface area contributed by atoms with Gasteiger partial charge in [0.05, 0.1) is 4.61 Å². The molecule has 0 bridgehead atoms. The van der Waals surface area contributed by atoms with Gasteiger partial charge in [-0.2, -0.15) is 0 Å². The largest absolute Gasteiger partial charge is 0.303 e. The lowest BCUT2D eigenvalue weighted by atomic mass is 9.92. The van der Waals surface area contributed by atoms with E-state index in [1.54, 1.807) is 5.01 Å². The molecule has 1 heterocycles. The Kier molecular flexibility index (Phi) is 2.86. The number of halogens is 1. The fraction of sp³-hybridized carbons (Fsp3) is 0.250. The summed E-state index contributed by atoms with van der Waals surface area (Å²) in [6, 6.07) is 7.93. The topological polar surface area (TPSA) is 32.3 Å². The van der Waals surface area contributed by atoms with Gasteiger partial charge in [0.15, 0.2) is 0 Å². The molecular formula is C12H13BrN2O. The van der Waals surface area contributed by atoms with E-state index in [0.29, 0.717) is 0 Å². The summed E-state index contributed by atoms with van der Waals surface area (Å²) in [4.78, 5) is 11.4. The van der Waals surface area contributed by atoms with Crippen LogP contribution in [0.2, 0.25) is 0 Å². The Morgan fingerprint density at radius 1 is 1.38 bits per heavy atom. The number of carbonyl (C=O) groups is 1. The van der Waals surface area contributed by atoms with Crippen LogP contribution in [0.5, 0.6) is 0 Å². The molecule has 2 rings (SSSR count). The molecule has 0 aromatic heterocycles. The van der Waals surface area contributed by atoms with E-state index in [0.717, 1.165) is 16.5 Å². The molecule has 0 fully saturated rings. The minimum absolute atomic E-state index is 0.749. The van der Waals surface area contributed by atoms with Crippen LogP contribution < -0.4 is 5.43 Å². The monoisotopic (exact) mass is 280 g/mol. The highest BCUT2D eigenvalue weighted by Gasteiger charge is 2.36. The zero-order valence-corrected chi connectivity index (χ0v) is 10.8. The Bertz CT molecular complexity index is 441. The maximum atomic E-state index is 11.4. The number of hydrogen-bond donors (Lipinski definition) is 1. The fourth-order valence-electron chi connectivity index (χ4n) is 1.75. The van der Waals surface area contributed by atoms with E-state index in [4.69, 9.17) is 0 Å². The minimum atomic E-state index is -0.749. The molecule has 0 radical (unpaired) electrons. The van der Waals surface area contributed by atoms with Gasteiger partial charge in [-0.15, -0.1) is 0 Å². The zero-order valence-electron chi connectivity index (χ0n) is 9.20. The van der Waals surface area contributed by atoms with Gasteiger partial charge in [0.1, 0.15) is 11.8 Å². The third-order valence-electron chi connectivity index (χ3n) is 2.74. The molecule has 84 valence electrons. The number of benzene rings is 1. The Morgan fingerprint density at radius 3 is 2.44 bits per heavy atom. The lowest BCUT2D eigenvalue weighted by Gasteiger charge is -2.24. The van der Waals surface area contributed by atoms with Gasteiger partial charge in [-0.05, 0) is 34.5 Å². The van der Waals surface area contributed by atoms with Crippen LogP contribution >= 0.6 is 15.9 Å². The zero-order chi connectivity index (χ0) is 11.8. The number of nitrogens with one attached hydrogen (secondary N) is 1. The van der Waals surface area contributed by atoms with Crippen LogP contribution in [-0.4, -0.2) is 18.3 Å². The Balaban J connectivity index is 2.44. The number of hydrazine groups is 1. The molecule has 1 unspecified atom stereocenters. The molecule has 1 aromatic carbocycles. The highest BCUT2D eigenvalue weighted by Crippen LogP contribution is 2.31. The van der Waals surface area contributed by atoms with Crippen molar-refractivity contribution in [3.8, 4) is 0 Å². The van der Waals surface area contributed by atoms with E-state index in [9.17, 15) is 4.79 Å². The lowest BCUT2D eigenvalue weighted by molar-refractivity contribution is -0.112. The van der Waals surface area contributed by atoms with Crippen LogP contribution in [-0.2, 0) is 10.3 Å². The number of rotatable bonds is 2. The molecule has 1 aliphatic rings. The van der Waals surface area contributed by atoms with Crippen molar-refractivity contribution in [1.82, 2.24) is 10.4 Å². The Labute approximate surface area is 103 Å². The molecule has 3 nitrogen and oxygen atoms in total. The molecular weight excluding hydrogens is 268 g/mol. The SMILES string of the molecule is Cc1ccc(C2(C=O)C=C(Br)N(C)N2)cc1. The first-order valence-corrected chi connectivity index (χ1v) is 5.80. The summed E-state index contributed by atoms with van der Waals surface area (Å²) in [6.07, 6.45) is 2.78. The second-order valence-corrected chi connectivity index (χ2v) is 4.80. The number of hydrogen-bond acceptors (Lipinski definition) is 3. The van der Waals surface area contributed by atoms with Gasteiger partial charge in [-0.1, -0.05) is 29.8 Å². The third kappa shape index (κ3) is 1.79. The molecule has 16 heavy (non-hydrogen) atoms. The number of carbonyl (C=O) groups excluding carboxylic acids is 1. The second-order valence-electron chi connectivity index (χ2n) is 3.99. The van der Waals surface area contributed by atoms with Gasteiger partial charge < -0.3 is 9.80 Å². The van der Waals surface area contributed by atoms with Crippen molar-refractivity contribution >= 4 is 22.2 Å². The quantitative estimate of drug-likeness (QED) is 0.665. The van der Waals surface area contributed by atoms with E-state index < -0.39 is 5.54 Å². The fourth-order valence-corrected chi connectivity index (χ4v) is 2.20. The molecule has 0 amide bonds. The van der Waals surface area contributed by atoms with Gasteiger partial charge in [-0.3, -0.25) is 0 Å². The van der Waals surface area contributed by atoms with Gasteiger partial charge in [-0.25, -0.2) is 5.43 Å². The summed E-state index contributed by atoms with van der Waals surface area (Å²) in [5.74, 6) is 0. The van der Waals surface area contributed by atoms with Gasteiger partial charge in [0, 0.05) is 7.05 Å². The van der Waals surface area contributed by atoms with Crippen LogP contribution in [0, 0.1) is 6.92 Å². The van der Waals surface area contributed by atoms with E-state index in [1.165, 1.54) is 5.56 Å². The molecule has 0 aliphatic carbocycles. The minimum Gasteiger partial charge on any atom is -0.303 e. The summed E-state index contributed by atoms with van der Waals surface area (Å²) in [5, 5.41) is 1.79. The first-order chi connectivity index (χ1) is 7.57. The van der Waals surface area contributed by atoms with Crippen molar-refractivity contribution in [1.29, 1.82) is 0 Å². The summed E-state index contributed by atoms with van der Waals surface area (Å²) in [5.41, 5.74) is 4.50. The van der Waals surface area contributed by atoms with Crippen molar-refractivity contribution in [2.75, 3.05) is 7.05 Å². The van der Waals surface area contributed by atoms with Gasteiger partial charge in [0.25, 0.3) is 0 Å². The second kappa shape index (κ2) is 4.03. The Hall–Kier alpha value is -1.13. The van der Waals surface area contributed by atoms with Crippen LogP contribution in [0.3, 0.4) is 0 Å². The smallest absolute Gasteiger partial charge is 0.150 e. The average molecular weight is 281 g/mol. The molecule has 0 saturated heterocycles. The van der Waals surface area contributed by atoms with E-state index in [-0.39, 0.29) is 0 Å². The lowest BCUT2D eigenvalue weighted by Crippen LogP contribution is -2.44. The standard InChI is InChI=1S/C12H13BrN2O/c1-9-3-5-10(6-4-9)12(8-16)7-11(13)15(2)14-12/h3-8,14H,1-2H3. The molecule has 1 aliphatic heterocycles. The predicted octanol–water partition coefficient (Wildman–Crippen LogP) is 2.08. The van der Waals surface area contributed by atoms with E-state index in [2.05, 4.69) is 21.4 Å². The summed E-state index contributed by atoms with van der Waals surface area (Å²) in [6.45, 7) is 2.03.